The van der Waals surface area contributed by atoms with E-state index in [2.05, 4.69) is 46.8 Å². The first-order chi connectivity index (χ1) is 25.6. The van der Waals surface area contributed by atoms with Crippen molar-refractivity contribution in [3.05, 3.63) is 65.3 Å². The summed E-state index contributed by atoms with van der Waals surface area (Å²) < 4.78 is 54.3. The highest BCUT2D eigenvalue weighted by atomic mass is 35.5. The zero-order valence-corrected chi connectivity index (χ0v) is 33.5. The SMILES string of the molecule is Cc1nc2c(F)cc(-c3nc(Nc4ccc(Cl)c(Sc5cnc(N6CCC7(CC6)CO[C@@H](C)[C@H]7N[S@](=O)C(C)(C)C)cn5)n4)ncc3F)cc2n1C(C)C. The molecule has 54 heavy (non-hydrogen) atoms. The molecule has 7 rings (SSSR count). The summed E-state index contributed by atoms with van der Waals surface area (Å²) >= 11 is 7.79. The minimum Gasteiger partial charge on any atom is -0.376 e. The van der Waals surface area contributed by atoms with Gasteiger partial charge in [-0.3, -0.25) is 0 Å². The lowest BCUT2D eigenvalue weighted by molar-refractivity contribution is 0.0973. The van der Waals surface area contributed by atoms with E-state index in [1.165, 1.54) is 17.8 Å². The standard InChI is InChI=1S/C37H43ClF2N10O2S2/c1-20(2)50-22(4)44-32-25(39)14-23(15-27(32)50)31-26(40)16-43-35(47-31)46-28-9-8-24(38)34(45-28)53-30-18-41-29(17-42-30)49-12-10-37(11-13-49)19-52-21(3)33(37)48-54(51)36(5,6)7/h8-9,14-18,20-21,33,48H,10-13,19H2,1-7H3,(H,43,45,46,47)/t21-,33+,54+/m0/s1. The molecule has 0 radical (unpaired) electrons. The van der Waals surface area contributed by atoms with Crippen LogP contribution in [0.3, 0.4) is 0 Å². The molecule has 12 nitrogen and oxygen atoms in total. The van der Waals surface area contributed by atoms with Crippen LogP contribution >= 0.6 is 23.4 Å². The highest BCUT2D eigenvalue weighted by Gasteiger charge is 2.50. The maximum Gasteiger partial charge on any atom is 0.229 e. The van der Waals surface area contributed by atoms with Crippen LogP contribution in [0.2, 0.25) is 5.02 Å². The molecule has 0 amide bonds. The number of piperidine rings is 1. The fourth-order valence-electron chi connectivity index (χ4n) is 7.12. The van der Waals surface area contributed by atoms with E-state index in [1.807, 2.05) is 46.1 Å². The number of fused-ring (bicyclic) bond motifs is 1. The van der Waals surface area contributed by atoms with Gasteiger partial charge in [0.2, 0.25) is 5.95 Å². The van der Waals surface area contributed by atoms with Crippen LogP contribution < -0.4 is 14.9 Å². The molecule has 2 N–H and O–H groups in total. The third kappa shape index (κ3) is 7.68. The number of nitrogens with zero attached hydrogens (tertiary/aromatic N) is 8. The second kappa shape index (κ2) is 15.0. The summed E-state index contributed by atoms with van der Waals surface area (Å²) in [6.45, 7) is 15.9. The van der Waals surface area contributed by atoms with Gasteiger partial charge in [0.1, 0.15) is 38.7 Å². The molecule has 3 atom stereocenters. The number of ether oxygens (including phenoxy) is 1. The Labute approximate surface area is 324 Å². The van der Waals surface area contributed by atoms with Crippen LogP contribution in [0, 0.1) is 24.0 Å². The van der Waals surface area contributed by atoms with E-state index in [1.54, 1.807) is 30.6 Å². The van der Waals surface area contributed by atoms with E-state index in [4.69, 9.17) is 21.3 Å². The lowest BCUT2D eigenvalue weighted by Crippen LogP contribution is -2.55. The number of pyridine rings is 1. The van der Waals surface area contributed by atoms with Crippen molar-refractivity contribution in [3.8, 4) is 11.3 Å². The van der Waals surface area contributed by atoms with E-state index in [-0.39, 0.29) is 51.1 Å². The summed E-state index contributed by atoms with van der Waals surface area (Å²) in [6, 6.07) is 6.29. The molecule has 1 spiro atoms. The summed E-state index contributed by atoms with van der Waals surface area (Å²) in [4.78, 5) is 29.1. The van der Waals surface area contributed by atoms with Crippen molar-refractivity contribution in [2.75, 3.05) is 29.9 Å². The number of anilines is 3. The summed E-state index contributed by atoms with van der Waals surface area (Å²) in [6.07, 6.45) is 6.21. The van der Waals surface area contributed by atoms with Gasteiger partial charge in [-0.1, -0.05) is 11.6 Å². The van der Waals surface area contributed by atoms with Gasteiger partial charge in [0.05, 0.1) is 63.6 Å². The first kappa shape index (κ1) is 38.4. The van der Waals surface area contributed by atoms with E-state index in [0.29, 0.717) is 38.8 Å². The number of nitrogens with one attached hydrogen (secondary N) is 2. The van der Waals surface area contributed by atoms with Gasteiger partial charge in [0.25, 0.3) is 0 Å². The Morgan fingerprint density at radius 3 is 2.48 bits per heavy atom. The molecule has 4 aromatic heterocycles. The van der Waals surface area contributed by atoms with E-state index in [0.717, 1.165) is 37.9 Å². The van der Waals surface area contributed by atoms with E-state index < -0.39 is 22.6 Å². The Morgan fingerprint density at radius 1 is 1.04 bits per heavy atom. The summed E-state index contributed by atoms with van der Waals surface area (Å²) in [5.74, 6) is 0.605. The smallest absolute Gasteiger partial charge is 0.229 e. The molecule has 2 saturated heterocycles. The number of hydrogen-bond acceptors (Lipinski definition) is 11. The van der Waals surface area contributed by atoms with Gasteiger partial charge in [-0.25, -0.2) is 47.6 Å². The second-order valence-electron chi connectivity index (χ2n) is 15.1. The van der Waals surface area contributed by atoms with Gasteiger partial charge >= 0.3 is 0 Å². The predicted molar refractivity (Wildman–Crippen MR) is 209 cm³/mol. The van der Waals surface area contributed by atoms with Crippen LogP contribution in [-0.4, -0.2) is 75.3 Å². The monoisotopic (exact) mass is 796 g/mol. The van der Waals surface area contributed by atoms with Gasteiger partial charge < -0.3 is 19.5 Å². The number of benzene rings is 1. The summed E-state index contributed by atoms with van der Waals surface area (Å²) in [5, 5.41) is 4.49. The zero-order chi connectivity index (χ0) is 38.5. The van der Waals surface area contributed by atoms with Crippen molar-refractivity contribution in [2.45, 2.75) is 94.3 Å². The Kier molecular flexibility index (Phi) is 10.7. The third-order valence-electron chi connectivity index (χ3n) is 9.96. The first-order valence-corrected chi connectivity index (χ1v) is 20.2. The average molecular weight is 797 g/mol. The van der Waals surface area contributed by atoms with E-state index >= 15 is 8.78 Å². The normalized spacial score (nSPS) is 19.3. The summed E-state index contributed by atoms with van der Waals surface area (Å²) in [7, 11) is -1.19. The Balaban J connectivity index is 1.03. The molecule has 0 unspecified atom stereocenters. The van der Waals surface area contributed by atoms with Gasteiger partial charge in [-0.2, -0.15) is 0 Å². The average Bonchev–Trinajstić information content (AvgIpc) is 3.62. The maximum absolute atomic E-state index is 15.2. The highest BCUT2D eigenvalue weighted by molar-refractivity contribution is 7.99. The van der Waals surface area contributed by atoms with Crippen LogP contribution in [0.1, 0.15) is 66.3 Å². The third-order valence-corrected chi connectivity index (χ3v) is 12.9. The molecule has 2 aliphatic rings. The fraction of sp³-hybridized carbons (Fsp3) is 0.459. The lowest BCUT2D eigenvalue weighted by atomic mass is 9.73. The van der Waals surface area contributed by atoms with Crippen LogP contribution in [0.4, 0.5) is 26.4 Å². The summed E-state index contributed by atoms with van der Waals surface area (Å²) in [5.41, 5.74) is 0.877. The molecule has 2 aliphatic heterocycles. The minimum atomic E-state index is -1.19. The molecule has 2 fully saturated rings. The fourth-order valence-corrected chi connectivity index (χ4v) is 9.09. The van der Waals surface area contributed by atoms with E-state index in [9.17, 15) is 4.21 Å². The molecule has 1 aromatic carbocycles. The zero-order valence-electron chi connectivity index (χ0n) is 31.2. The molecule has 17 heteroatoms. The number of aryl methyl sites for hydroxylation is 1. The molecule has 5 aromatic rings. The molecule has 0 aliphatic carbocycles. The number of hydrogen-bond donors (Lipinski definition) is 2. The largest absolute Gasteiger partial charge is 0.376 e. The Bertz CT molecular complexity index is 2210. The predicted octanol–water partition coefficient (Wildman–Crippen LogP) is 7.82. The van der Waals surface area contributed by atoms with Gasteiger partial charge in [0, 0.05) is 30.1 Å². The van der Waals surface area contributed by atoms with Crippen LogP contribution in [0.5, 0.6) is 0 Å². The lowest BCUT2D eigenvalue weighted by Gasteiger charge is -2.43. The highest BCUT2D eigenvalue weighted by Crippen LogP contribution is 2.43. The van der Waals surface area contributed by atoms with Gasteiger partial charge in [-0.15, -0.1) is 0 Å². The van der Waals surface area contributed by atoms with Crippen molar-refractivity contribution >= 4 is 63.0 Å². The van der Waals surface area contributed by atoms with Crippen LogP contribution in [0.15, 0.2) is 52.9 Å². The van der Waals surface area contributed by atoms with Crippen molar-refractivity contribution in [2.24, 2.45) is 5.41 Å². The Hall–Kier alpha value is -3.83. The quantitative estimate of drug-likeness (QED) is 0.151. The minimum absolute atomic E-state index is 0.00807. The van der Waals surface area contributed by atoms with Crippen molar-refractivity contribution in [1.82, 2.24) is 39.2 Å². The van der Waals surface area contributed by atoms with Gasteiger partial charge in [-0.05, 0) is 97.3 Å². The molecular formula is C37H43ClF2N10O2S2. The number of rotatable bonds is 9. The molecule has 0 bridgehead atoms. The first-order valence-electron chi connectivity index (χ1n) is 17.8. The molecular weight excluding hydrogens is 754 g/mol. The second-order valence-corrected chi connectivity index (χ2v) is 18.5. The van der Waals surface area contributed by atoms with Crippen LogP contribution in [-0.2, 0) is 15.7 Å². The van der Waals surface area contributed by atoms with Crippen molar-refractivity contribution in [1.29, 1.82) is 0 Å². The molecule has 0 saturated carbocycles. The maximum atomic E-state index is 15.2. The topological polar surface area (TPSA) is 136 Å². The number of halogens is 3. The molecule has 286 valence electrons. The van der Waals surface area contributed by atoms with Crippen molar-refractivity contribution < 1.29 is 17.7 Å². The Morgan fingerprint density at radius 2 is 1.80 bits per heavy atom. The molecule has 6 heterocycles. The van der Waals surface area contributed by atoms with Gasteiger partial charge in [0.15, 0.2) is 11.6 Å². The van der Waals surface area contributed by atoms with Crippen molar-refractivity contribution in [3.63, 3.8) is 0 Å². The number of aromatic nitrogens is 7. The number of imidazole rings is 1. The van der Waals surface area contributed by atoms with Crippen LogP contribution in [0.25, 0.3) is 22.3 Å².